The van der Waals surface area contributed by atoms with Crippen molar-refractivity contribution in [2.24, 2.45) is 0 Å². The van der Waals surface area contributed by atoms with Crippen LogP contribution < -0.4 is 4.90 Å². The molecule has 5 rings (SSSR count). The molecule has 7 nitrogen and oxygen atoms in total. The Morgan fingerprint density at radius 1 is 0.861 bits per heavy atom. The van der Waals surface area contributed by atoms with Crippen LogP contribution >= 0.6 is 12.4 Å². The zero-order valence-corrected chi connectivity index (χ0v) is 22.2. The Balaban J connectivity index is 0.00000304. The molecule has 0 radical (unpaired) electrons. The van der Waals surface area contributed by atoms with E-state index < -0.39 is 30.7 Å². The van der Waals surface area contributed by atoms with Gasteiger partial charge in [0, 0.05) is 43.0 Å². The van der Waals surface area contributed by atoms with Gasteiger partial charge in [-0.05, 0) is 42.8 Å². The summed E-state index contributed by atoms with van der Waals surface area (Å²) in [5.41, 5.74) is 2.53. The molecular weight excluding hydrogens is 520 g/mol. The summed E-state index contributed by atoms with van der Waals surface area (Å²) in [6, 6.07) is 20.4. The number of hydrogen-bond acceptors (Lipinski definition) is 6. The number of carbonyl (C=O) groups is 1. The van der Waals surface area contributed by atoms with Crippen molar-refractivity contribution in [3.63, 3.8) is 0 Å². The van der Waals surface area contributed by atoms with Crippen LogP contribution in [0.1, 0.15) is 26.7 Å². The number of fused-ring (bicyclic) bond motifs is 1. The van der Waals surface area contributed by atoms with Crippen LogP contribution in [0.2, 0.25) is 0 Å². The zero-order valence-electron chi connectivity index (χ0n) is 19.7. The third-order valence-corrected chi connectivity index (χ3v) is 10.9. The van der Waals surface area contributed by atoms with E-state index in [-0.39, 0.29) is 39.2 Å². The van der Waals surface area contributed by atoms with Gasteiger partial charge >= 0.3 is 0 Å². The molecule has 2 aliphatic heterocycles. The maximum atomic E-state index is 13.6. The first-order valence-corrected chi connectivity index (χ1v) is 14.6. The van der Waals surface area contributed by atoms with E-state index in [9.17, 15) is 21.6 Å². The molecule has 1 amide bonds. The number of sulfone groups is 2. The Hall–Kier alpha value is -2.88. The number of anilines is 1. The minimum atomic E-state index is -4.02. The maximum absolute atomic E-state index is 13.6. The van der Waals surface area contributed by atoms with Crippen molar-refractivity contribution in [1.29, 1.82) is 0 Å². The minimum Gasteiger partial charge on any atom is -0.368 e. The standard InChI is InChI=1S/C26H26N2O5S2.ClH/c1-19-8-5-6-12-22(19)27-14-16-28(17-15-27)26(29)21-11-7-13-23-25(21)24(18-34(23,30)31)35(32,33)20-9-3-2-4-10-20;/h2-13,24H,14-18H2,1H3;1H. The first kappa shape index (κ1) is 26.2. The molecule has 2 heterocycles. The molecule has 0 spiro atoms. The van der Waals surface area contributed by atoms with Gasteiger partial charge in [-0.15, -0.1) is 12.4 Å². The number of halogens is 1. The zero-order chi connectivity index (χ0) is 24.8. The highest BCUT2D eigenvalue weighted by Crippen LogP contribution is 2.43. The van der Waals surface area contributed by atoms with E-state index in [1.807, 2.05) is 25.1 Å². The molecular formula is C26H27ClN2O5S2. The molecule has 1 fully saturated rings. The molecule has 0 bridgehead atoms. The molecule has 0 saturated carbocycles. The summed E-state index contributed by atoms with van der Waals surface area (Å²) in [6.45, 7) is 4.23. The predicted molar refractivity (Wildman–Crippen MR) is 141 cm³/mol. The molecule has 3 aromatic rings. The summed E-state index contributed by atoms with van der Waals surface area (Å²) in [4.78, 5) is 17.5. The number of hydrogen-bond donors (Lipinski definition) is 0. The fourth-order valence-corrected chi connectivity index (χ4v) is 9.34. The monoisotopic (exact) mass is 546 g/mol. The van der Waals surface area contributed by atoms with Crippen LogP contribution in [0.25, 0.3) is 0 Å². The lowest BCUT2D eigenvalue weighted by Crippen LogP contribution is -2.49. The SMILES string of the molecule is Cc1ccccc1N1CCN(C(=O)c2cccc3c2C(S(=O)(=O)c2ccccc2)CS3(=O)=O)CC1.Cl. The molecule has 1 atom stereocenters. The number of benzene rings is 3. The third-order valence-electron chi connectivity index (χ3n) is 6.79. The predicted octanol–water partition coefficient (Wildman–Crippen LogP) is 3.68. The van der Waals surface area contributed by atoms with Gasteiger partial charge in [-0.3, -0.25) is 4.79 Å². The van der Waals surface area contributed by atoms with E-state index in [2.05, 4.69) is 11.0 Å². The van der Waals surface area contributed by atoms with Crippen LogP contribution in [0.3, 0.4) is 0 Å². The van der Waals surface area contributed by atoms with Crippen molar-refractivity contribution in [1.82, 2.24) is 4.90 Å². The van der Waals surface area contributed by atoms with Crippen molar-refractivity contribution in [3.05, 3.63) is 89.5 Å². The normalized spacial score (nSPS) is 18.9. The molecule has 0 aromatic heterocycles. The summed E-state index contributed by atoms with van der Waals surface area (Å²) in [5, 5.41) is -1.32. The molecule has 190 valence electrons. The Morgan fingerprint density at radius 2 is 1.50 bits per heavy atom. The van der Waals surface area contributed by atoms with Gasteiger partial charge in [-0.25, -0.2) is 16.8 Å². The van der Waals surface area contributed by atoms with Crippen LogP contribution in [0, 0.1) is 6.92 Å². The van der Waals surface area contributed by atoms with Gasteiger partial charge in [0.2, 0.25) is 0 Å². The fourth-order valence-electron chi connectivity index (χ4n) is 4.96. The van der Waals surface area contributed by atoms with Gasteiger partial charge in [0.15, 0.2) is 19.7 Å². The van der Waals surface area contributed by atoms with Crippen LogP contribution in [0.4, 0.5) is 5.69 Å². The number of para-hydroxylation sites is 1. The smallest absolute Gasteiger partial charge is 0.254 e. The summed E-state index contributed by atoms with van der Waals surface area (Å²) in [7, 11) is -7.86. The molecule has 2 aliphatic rings. The molecule has 36 heavy (non-hydrogen) atoms. The van der Waals surface area contributed by atoms with Gasteiger partial charge in [-0.1, -0.05) is 42.5 Å². The number of carbonyl (C=O) groups excluding carboxylic acids is 1. The number of piperazine rings is 1. The summed E-state index contributed by atoms with van der Waals surface area (Å²) < 4.78 is 52.8. The first-order valence-electron chi connectivity index (χ1n) is 11.4. The van der Waals surface area contributed by atoms with E-state index in [0.29, 0.717) is 26.2 Å². The number of rotatable bonds is 4. The molecule has 1 unspecified atom stereocenters. The molecule has 0 aliphatic carbocycles. The Kier molecular flexibility index (Phi) is 7.19. The number of nitrogens with zero attached hydrogens (tertiary/aromatic N) is 2. The highest BCUT2D eigenvalue weighted by molar-refractivity contribution is 7.96. The average molecular weight is 547 g/mol. The van der Waals surface area contributed by atoms with Crippen LogP contribution in [0.15, 0.2) is 82.6 Å². The minimum absolute atomic E-state index is 0. The molecule has 1 saturated heterocycles. The molecule has 10 heteroatoms. The van der Waals surface area contributed by atoms with Crippen molar-refractivity contribution in [2.75, 3.05) is 36.8 Å². The van der Waals surface area contributed by atoms with Gasteiger partial charge in [0.25, 0.3) is 5.91 Å². The lowest BCUT2D eigenvalue weighted by atomic mass is 10.0. The quantitative estimate of drug-likeness (QED) is 0.496. The van der Waals surface area contributed by atoms with E-state index in [1.54, 1.807) is 29.2 Å². The molecule has 0 N–H and O–H groups in total. The van der Waals surface area contributed by atoms with E-state index in [0.717, 1.165) is 11.3 Å². The summed E-state index contributed by atoms with van der Waals surface area (Å²) in [6.07, 6.45) is 0. The van der Waals surface area contributed by atoms with E-state index >= 15 is 0 Å². The lowest BCUT2D eigenvalue weighted by molar-refractivity contribution is 0.0745. The van der Waals surface area contributed by atoms with Crippen LogP contribution in [-0.2, 0) is 19.7 Å². The summed E-state index contributed by atoms with van der Waals surface area (Å²) >= 11 is 0. The second-order valence-corrected chi connectivity index (χ2v) is 13.0. The second-order valence-electron chi connectivity index (χ2n) is 8.91. The van der Waals surface area contributed by atoms with Crippen molar-refractivity contribution in [2.45, 2.75) is 22.0 Å². The van der Waals surface area contributed by atoms with Gasteiger partial charge < -0.3 is 9.80 Å². The molecule has 3 aromatic carbocycles. The van der Waals surface area contributed by atoms with Crippen molar-refractivity contribution in [3.8, 4) is 0 Å². The third kappa shape index (κ3) is 4.51. The van der Waals surface area contributed by atoms with Gasteiger partial charge in [0.1, 0.15) is 5.25 Å². The largest absolute Gasteiger partial charge is 0.368 e. The lowest BCUT2D eigenvalue weighted by Gasteiger charge is -2.37. The van der Waals surface area contributed by atoms with Crippen molar-refractivity contribution >= 4 is 43.7 Å². The van der Waals surface area contributed by atoms with Crippen LogP contribution in [0.5, 0.6) is 0 Å². The topological polar surface area (TPSA) is 91.8 Å². The van der Waals surface area contributed by atoms with E-state index in [4.69, 9.17) is 0 Å². The Bertz CT molecular complexity index is 1500. The van der Waals surface area contributed by atoms with Crippen LogP contribution in [-0.4, -0.2) is 59.6 Å². The van der Waals surface area contributed by atoms with Gasteiger partial charge in [-0.2, -0.15) is 0 Å². The number of amides is 1. The average Bonchev–Trinajstić information content (AvgIpc) is 3.16. The van der Waals surface area contributed by atoms with E-state index in [1.165, 1.54) is 24.3 Å². The highest BCUT2D eigenvalue weighted by atomic mass is 35.5. The fraction of sp³-hybridized carbons (Fsp3) is 0.269. The maximum Gasteiger partial charge on any atom is 0.254 e. The summed E-state index contributed by atoms with van der Waals surface area (Å²) in [5.74, 6) is -0.901. The highest BCUT2D eigenvalue weighted by Gasteiger charge is 2.45. The Morgan fingerprint density at radius 3 is 2.17 bits per heavy atom. The van der Waals surface area contributed by atoms with Crippen molar-refractivity contribution < 1.29 is 21.6 Å². The number of aryl methyl sites for hydroxylation is 1. The van der Waals surface area contributed by atoms with Gasteiger partial charge in [0.05, 0.1) is 15.5 Å². The first-order chi connectivity index (χ1) is 16.7. The Labute approximate surface area is 218 Å². The second kappa shape index (κ2) is 9.88.